The highest BCUT2D eigenvalue weighted by Gasteiger charge is 2.28. The van der Waals surface area contributed by atoms with Gasteiger partial charge in [-0.1, -0.05) is 0 Å². The number of carboxylic acid groups (broad SMARTS) is 1. The van der Waals surface area contributed by atoms with Crippen molar-refractivity contribution in [3.8, 4) is 5.75 Å². The first-order chi connectivity index (χ1) is 12.8. The minimum Gasteiger partial charge on any atom is -0.545 e. The SMILES string of the molecule is COC[C@H](C)NC(=O)COc1ccc(S(=O)(=O)N2CCCC2)cc1C(=O)[O-]. The van der Waals surface area contributed by atoms with Crippen molar-refractivity contribution < 1.29 is 32.6 Å². The lowest BCUT2D eigenvalue weighted by atomic mass is 10.2. The number of ether oxygens (including phenoxy) is 2. The van der Waals surface area contributed by atoms with Gasteiger partial charge < -0.3 is 24.7 Å². The molecule has 9 nitrogen and oxygen atoms in total. The molecule has 1 amide bonds. The Kier molecular flexibility index (Phi) is 7.17. The van der Waals surface area contributed by atoms with Gasteiger partial charge in [-0.05, 0) is 38.0 Å². The number of nitrogens with one attached hydrogen (secondary N) is 1. The van der Waals surface area contributed by atoms with Crippen molar-refractivity contribution in [2.75, 3.05) is 33.4 Å². The first-order valence-electron chi connectivity index (χ1n) is 8.52. The van der Waals surface area contributed by atoms with Crippen LogP contribution in [-0.4, -0.2) is 64.1 Å². The average molecular weight is 399 g/mol. The zero-order valence-electron chi connectivity index (χ0n) is 15.3. The molecule has 27 heavy (non-hydrogen) atoms. The zero-order valence-corrected chi connectivity index (χ0v) is 16.1. The van der Waals surface area contributed by atoms with E-state index in [4.69, 9.17) is 9.47 Å². The third-order valence-corrected chi connectivity index (χ3v) is 5.95. The molecule has 0 saturated carbocycles. The van der Waals surface area contributed by atoms with E-state index in [-0.39, 0.29) is 16.7 Å². The van der Waals surface area contributed by atoms with Crippen molar-refractivity contribution in [2.24, 2.45) is 0 Å². The molecule has 0 spiro atoms. The number of hydrogen-bond donors (Lipinski definition) is 1. The number of methoxy groups -OCH3 is 1. The minimum absolute atomic E-state index is 0.134. The second kappa shape index (κ2) is 9.16. The number of amides is 1. The summed E-state index contributed by atoms with van der Waals surface area (Å²) in [6.45, 7) is 2.44. The number of carbonyl (C=O) groups is 2. The molecule has 0 radical (unpaired) electrons. The van der Waals surface area contributed by atoms with Gasteiger partial charge in [0.05, 0.1) is 17.5 Å². The van der Waals surface area contributed by atoms with E-state index in [9.17, 15) is 23.1 Å². The van der Waals surface area contributed by atoms with Gasteiger partial charge in [-0.15, -0.1) is 0 Å². The summed E-state index contributed by atoms with van der Waals surface area (Å²) >= 11 is 0. The molecule has 2 rings (SSSR count). The Morgan fingerprint density at radius 3 is 2.56 bits per heavy atom. The van der Waals surface area contributed by atoms with Gasteiger partial charge in [-0.3, -0.25) is 4.79 Å². The predicted octanol–water partition coefficient (Wildman–Crippen LogP) is -0.635. The summed E-state index contributed by atoms with van der Waals surface area (Å²) in [5.41, 5.74) is -0.423. The van der Waals surface area contributed by atoms with Crippen LogP contribution in [0.15, 0.2) is 23.1 Å². The van der Waals surface area contributed by atoms with Crippen LogP contribution in [0.25, 0.3) is 0 Å². The van der Waals surface area contributed by atoms with Crippen molar-refractivity contribution >= 4 is 21.9 Å². The monoisotopic (exact) mass is 399 g/mol. The molecular weight excluding hydrogens is 376 g/mol. The molecule has 1 atom stereocenters. The van der Waals surface area contributed by atoms with Crippen molar-refractivity contribution in [2.45, 2.75) is 30.7 Å². The molecule has 1 saturated heterocycles. The summed E-state index contributed by atoms with van der Waals surface area (Å²) < 4.78 is 36.6. The van der Waals surface area contributed by atoms with Gasteiger partial charge >= 0.3 is 0 Å². The molecule has 150 valence electrons. The number of aromatic carboxylic acids is 1. The fourth-order valence-electron chi connectivity index (χ4n) is 2.78. The van der Waals surface area contributed by atoms with Gasteiger partial charge in [0.15, 0.2) is 6.61 Å². The molecule has 1 heterocycles. The molecule has 1 N–H and O–H groups in total. The third-order valence-electron chi connectivity index (χ3n) is 4.06. The number of sulfonamides is 1. The van der Waals surface area contributed by atoms with Crippen LogP contribution in [0, 0.1) is 0 Å². The number of carbonyl (C=O) groups excluding carboxylic acids is 2. The maximum atomic E-state index is 12.6. The first kappa shape index (κ1) is 21.1. The van der Waals surface area contributed by atoms with Crippen LogP contribution in [0.3, 0.4) is 0 Å². The Bertz CT molecular complexity index is 788. The van der Waals surface area contributed by atoms with Crippen LogP contribution in [-0.2, 0) is 19.6 Å². The molecule has 1 aliphatic heterocycles. The van der Waals surface area contributed by atoms with E-state index in [2.05, 4.69) is 5.32 Å². The standard InChI is InChI=1S/C17H24N2O7S/c1-12(10-25-2)18-16(20)11-26-15-6-5-13(9-14(15)17(21)22)27(23,24)19-7-3-4-8-19/h5-6,9,12H,3-4,7-8,10-11H2,1-2H3,(H,18,20)(H,21,22)/p-1/t12-/m0/s1. The first-order valence-corrected chi connectivity index (χ1v) is 9.96. The molecule has 0 aliphatic carbocycles. The molecular formula is C17H23N2O7S-. The molecule has 0 unspecified atom stereocenters. The Balaban J connectivity index is 2.14. The van der Waals surface area contributed by atoms with Crippen molar-refractivity contribution in [3.05, 3.63) is 23.8 Å². The molecule has 1 fully saturated rings. The summed E-state index contributed by atoms with van der Waals surface area (Å²) in [5.74, 6) is -2.18. The lowest BCUT2D eigenvalue weighted by Crippen LogP contribution is -2.38. The lowest BCUT2D eigenvalue weighted by Gasteiger charge is -2.18. The van der Waals surface area contributed by atoms with E-state index < -0.39 is 34.1 Å². The van der Waals surface area contributed by atoms with E-state index >= 15 is 0 Å². The Hall–Kier alpha value is -2.17. The topological polar surface area (TPSA) is 125 Å². The molecule has 10 heteroatoms. The van der Waals surface area contributed by atoms with E-state index in [0.717, 1.165) is 18.9 Å². The summed E-state index contributed by atoms with van der Waals surface area (Å²) in [6.07, 6.45) is 1.54. The van der Waals surface area contributed by atoms with Crippen LogP contribution in [0.5, 0.6) is 5.75 Å². The highest BCUT2D eigenvalue weighted by Crippen LogP contribution is 2.26. The van der Waals surface area contributed by atoms with Gasteiger partial charge in [0.2, 0.25) is 10.0 Å². The maximum absolute atomic E-state index is 12.6. The van der Waals surface area contributed by atoms with Crippen LogP contribution in [0.4, 0.5) is 0 Å². The van der Waals surface area contributed by atoms with E-state index in [1.165, 1.54) is 23.5 Å². The van der Waals surface area contributed by atoms with Gasteiger partial charge in [-0.2, -0.15) is 4.31 Å². The van der Waals surface area contributed by atoms with Gasteiger partial charge in [-0.25, -0.2) is 8.42 Å². The molecule has 1 aromatic rings. The Morgan fingerprint density at radius 2 is 1.96 bits per heavy atom. The molecule has 0 aromatic heterocycles. The van der Waals surface area contributed by atoms with Crippen LogP contribution in [0.2, 0.25) is 0 Å². The normalized spacial score (nSPS) is 16.1. The second-order valence-electron chi connectivity index (χ2n) is 6.27. The number of rotatable bonds is 9. The van der Waals surface area contributed by atoms with Crippen molar-refractivity contribution in [1.82, 2.24) is 9.62 Å². The number of hydrogen-bond acceptors (Lipinski definition) is 7. The zero-order chi connectivity index (χ0) is 20.0. The van der Waals surface area contributed by atoms with E-state index in [1.54, 1.807) is 6.92 Å². The molecule has 1 aliphatic rings. The van der Waals surface area contributed by atoms with Crippen molar-refractivity contribution in [1.29, 1.82) is 0 Å². The predicted molar refractivity (Wildman–Crippen MR) is 93.7 cm³/mol. The van der Waals surface area contributed by atoms with Gasteiger partial charge in [0.1, 0.15) is 5.75 Å². The number of nitrogens with zero attached hydrogens (tertiary/aromatic N) is 1. The molecule has 1 aromatic carbocycles. The summed E-state index contributed by atoms with van der Waals surface area (Å²) in [7, 11) is -2.27. The largest absolute Gasteiger partial charge is 0.545 e. The fraction of sp³-hybridized carbons (Fsp3) is 0.529. The fourth-order valence-corrected chi connectivity index (χ4v) is 4.33. The summed E-state index contributed by atoms with van der Waals surface area (Å²) in [4.78, 5) is 23.1. The highest BCUT2D eigenvalue weighted by molar-refractivity contribution is 7.89. The third kappa shape index (κ3) is 5.41. The van der Waals surface area contributed by atoms with Crippen molar-refractivity contribution in [3.63, 3.8) is 0 Å². The lowest BCUT2D eigenvalue weighted by molar-refractivity contribution is -0.255. The second-order valence-corrected chi connectivity index (χ2v) is 8.21. The quantitative estimate of drug-likeness (QED) is 0.586. The van der Waals surface area contributed by atoms with E-state index in [0.29, 0.717) is 19.7 Å². The summed E-state index contributed by atoms with van der Waals surface area (Å²) in [6, 6.07) is 3.25. The number of carboxylic acids is 1. The van der Waals surface area contributed by atoms with Crippen LogP contribution in [0.1, 0.15) is 30.1 Å². The van der Waals surface area contributed by atoms with Crippen LogP contribution >= 0.6 is 0 Å². The number of benzene rings is 1. The Labute approximate surface area is 158 Å². The molecule has 0 bridgehead atoms. The minimum atomic E-state index is -3.77. The maximum Gasteiger partial charge on any atom is 0.258 e. The van der Waals surface area contributed by atoms with Gasteiger partial charge in [0.25, 0.3) is 5.91 Å². The van der Waals surface area contributed by atoms with Gasteiger partial charge in [0, 0.05) is 31.8 Å². The average Bonchev–Trinajstić information content (AvgIpc) is 3.15. The van der Waals surface area contributed by atoms with Crippen LogP contribution < -0.4 is 15.2 Å². The summed E-state index contributed by atoms with van der Waals surface area (Å²) in [5, 5.41) is 14.0. The van der Waals surface area contributed by atoms with E-state index in [1.807, 2.05) is 0 Å². The highest BCUT2D eigenvalue weighted by atomic mass is 32.2. The smallest absolute Gasteiger partial charge is 0.258 e. The Morgan fingerprint density at radius 1 is 1.30 bits per heavy atom.